The first-order valence-electron chi connectivity index (χ1n) is 12.1. The number of fused-ring (bicyclic) bond motifs is 2. The molecule has 178 valence electrons. The van der Waals surface area contributed by atoms with Gasteiger partial charge in [0.1, 0.15) is 11.9 Å². The second-order valence-corrected chi connectivity index (χ2v) is 10.4. The van der Waals surface area contributed by atoms with Crippen LogP contribution in [-0.4, -0.2) is 32.6 Å². The molecule has 1 N–H and O–H groups in total. The molecule has 3 atom stereocenters. The Hall–Kier alpha value is -2.63. The molecule has 4 nitrogen and oxygen atoms in total. The summed E-state index contributed by atoms with van der Waals surface area (Å²) in [6, 6.07) is 21.9. The van der Waals surface area contributed by atoms with Gasteiger partial charge in [-0.1, -0.05) is 37.3 Å². The average Bonchev–Trinajstić information content (AvgIpc) is 3.30. The molecule has 0 spiro atoms. The minimum absolute atomic E-state index is 0.243. The highest BCUT2D eigenvalue weighted by Crippen LogP contribution is 2.39. The first kappa shape index (κ1) is 23.1. The Labute approximate surface area is 207 Å². The Balaban J connectivity index is 1.29. The Kier molecular flexibility index (Phi) is 7.02. The Bertz CT molecular complexity index is 1130. The first-order valence-corrected chi connectivity index (χ1v) is 13.1. The maximum Gasteiger partial charge on any atom is 0.160 e. The van der Waals surface area contributed by atoms with Crippen molar-refractivity contribution in [3.05, 3.63) is 82.9 Å². The van der Waals surface area contributed by atoms with Gasteiger partial charge in [-0.3, -0.25) is 0 Å². The highest BCUT2D eigenvalue weighted by Gasteiger charge is 2.31. The zero-order chi connectivity index (χ0) is 23.5. The van der Waals surface area contributed by atoms with E-state index in [9.17, 15) is 0 Å². The van der Waals surface area contributed by atoms with Crippen LogP contribution in [0.2, 0.25) is 0 Å². The summed E-state index contributed by atoms with van der Waals surface area (Å²) in [5.41, 5.74) is 5.41. The summed E-state index contributed by atoms with van der Waals surface area (Å²) in [5.74, 6) is 4.18. The molecule has 0 radical (unpaired) electrons. The number of nitrogens with one attached hydrogen (secondary N) is 1. The first-order chi connectivity index (χ1) is 16.6. The maximum atomic E-state index is 6.47. The predicted octanol–water partition coefficient (Wildman–Crippen LogP) is 5.87. The lowest BCUT2D eigenvalue weighted by Gasteiger charge is -2.28. The van der Waals surface area contributed by atoms with Gasteiger partial charge in [0, 0.05) is 29.0 Å². The molecule has 0 aromatic heterocycles. The molecule has 0 saturated heterocycles. The minimum atomic E-state index is 0.243. The van der Waals surface area contributed by atoms with Crippen LogP contribution in [0.15, 0.2) is 65.6 Å². The van der Waals surface area contributed by atoms with Gasteiger partial charge in [-0.05, 0) is 72.0 Å². The van der Waals surface area contributed by atoms with Gasteiger partial charge in [0.15, 0.2) is 11.5 Å². The quantitative estimate of drug-likeness (QED) is 0.413. The van der Waals surface area contributed by atoms with E-state index in [2.05, 4.69) is 66.8 Å². The van der Waals surface area contributed by atoms with Crippen molar-refractivity contribution in [1.82, 2.24) is 5.32 Å². The van der Waals surface area contributed by atoms with Crippen LogP contribution in [0.4, 0.5) is 0 Å². The van der Waals surface area contributed by atoms with Crippen molar-refractivity contribution in [3.8, 4) is 17.2 Å². The van der Waals surface area contributed by atoms with E-state index in [1.807, 2.05) is 17.8 Å². The topological polar surface area (TPSA) is 39.7 Å². The van der Waals surface area contributed by atoms with Crippen LogP contribution in [0.5, 0.6) is 17.2 Å². The molecule has 2 aliphatic heterocycles. The van der Waals surface area contributed by atoms with Crippen LogP contribution in [0.25, 0.3) is 0 Å². The van der Waals surface area contributed by atoms with Gasteiger partial charge in [0.25, 0.3) is 0 Å². The maximum absolute atomic E-state index is 6.47. The fourth-order valence-corrected chi connectivity index (χ4v) is 6.02. The molecule has 0 fully saturated rings. The summed E-state index contributed by atoms with van der Waals surface area (Å²) < 4.78 is 17.4. The van der Waals surface area contributed by atoms with Gasteiger partial charge in [0.2, 0.25) is 0 Å². The third kappa shape index (κ3) is 4.91. The molecule has 2 aliphatic rings. The lowest BCUT2D eigenvalue weighted by atomic mass is 9.88. The number of hydrogen-bond acceptors (Lipinski definition) is 5. The molecule has 0 amide bonds. The van der Waals surface area contributed by atoms with Crippen LogP contribution >= 0.6 is 11.8 Å². The minimum Gasteiger partial charge on any atom is -0.493 e. The monoisotopic (exact) mass is 475 g/mol. The van der Waals surface area contributed by atoms with Gasteiger partial charge >= 0.3 is 0 Å². The van der Waals surface area contributed by atoms with Crippen LogP contribution < -0.4 is 19.5 Å². The fourth-order valence-electron chi connectivity index (χ4n) is 5.00. The van der Waals surface area contributed by atoms with E-state index >= 15 is 0 Å². The Morgan fingerprint density at radius 1 is 1.00 bits per heavy atom. The van der Waals surface area contributed by atoms with Gasteiger partial charge in [0.05, 0.1) is 14.2 Å². The number of benzene rings is 3. The number of ether oxygens (including phenoxy) is 3. The van der Waals surface area contributed by atoms with E-state index in [1.54, 1.807) is 14.2 Å². The normalized spacial score (nSPS) is 19.6. The second kappa shape index (κ2) is 10.3. The average molecular weight is 476 g/mol. The molecule has 34 heavy (non-hydrogen) atoms. The van der Waals surface area contributed by atoms with Crippen molar-refractivity contribution in [1.29, 1.82) is 0 Å². The van der Waals surface area contributed by atoms with E-state index < -0.39 is 0 Å². The molecule has 5 rings (SSSR count). The van der Waals surface area contributed by atoms with Gasteiger partial charge in [-0.25, -0.2) is 0 Å². The number of methoxy groups -OCH3 is 2. The molecule has 0 aliphatic carbocycles. The smallest absolute Gasteiger partial charge is 0.160 e. The third-order valence-electron chi connectivity index (χ3n) is 6.96. The second-order valence-electron chi connectivity index (χ2n) is 9.27. The lowest BCUT2D eigenvalue weighted by molar-refractivity contribution is 0.181. The summed E-state index contributed by atoms with van der Waals surface area (Å²) in [4.78, 5) is 1.32. The van der Waals surface area contributed by atoms with E-state index in [1.165, 1.54) is 27.1 Å². The highest BCUT2D eigenvalue weighted by atomic mass is 32.2. The lowest BCUT2D eigenvalue weighted by Crippen LogP contribution is -2.31. The molecule has 3 aromatic rings. The molecule has 5 heteroatoms. The van der Waals surface area contributed by atoms with Crippen molar-refractivity contribution in [2.45, 2.75) is 43.2 Å². The fraction of sp³-hybridized carbons (Fsp3) is 0.379. The largest absolute Gasteiger partial charge is 0.493 e. The zero-order valence-corrected chi connectivity index (χ0v) is 21.0. The van der Waals surface area contributed by atoms with Crippen LogP contribution in [0.1, 0.15) is 35.2 Å². The molecular weight excluding hydrogens is 442 g/mol. The SMILES string of the molecule is COc1ccc(CC2NCCc3cc4c(cc32)C[C@H](C(C)CSc2ccccc2)O4)cc1OC. The van der Waals surface area contributed by atoms with Crippen molar-refractivity contribution < 1.29 is 14.2 Å². The third-order valence-corrected chi connectivity index (χ3v) is 8.26. The number of rotatable bonds is 8. The molecule has 2 unspecified atom stereocenters. The molecule has 2 heterocycles. The predicted molar refractivity (Wildman–Crippen MR) is 139 cm³/mol. The molecule has 3 aromatic carbocycles. The standard InChI is InChI=1S/C29H33NO3S/c1-19(18-34-23-7-5-4-6-8-23)27-17-22-15-24-21(16-28(22)33-27)11-12-30-25(24)13-20-9-10-26(31-2)29(14-20)32-3/h4-10,14-16,19,25,27,30H,11-13,17-18H2,1-3H3/t19?,25?,27-/m1/s1. The van der Waals surface area contributed by atoms with Crippen molar-refractivity contribution in [3.63, 3.8) is 0 Å². The van der Waals surface area contributed by atoms with E-state index in [4.69, 9.17) is 14.2 Å². The zero-order valence-electron chi connectivity index (χ0n) is 20.2. The van der Waals surface area contributed by atoms with Crippen LogP contribution in [0, 0.1) is 5.92 Å². The number of thioether (sulfide) groups is 1. The number of hydrogen-bond donors (Lipinski definition) is 1. The molecular formula is C29H33NO3S. The van der Waals surface area contributed by atoms with E-state index in [-0.39, 0.29) is 12.1 Å². The van der Waals surface area contributed by atoms with Crippen molar-refractivity contribution in [2.75, 3.05) is 26.5 Å². The molecule has 0 bridgehead atoms. The van der Waals surface area contributed by atoms with E-state index in [0.717, 1.165) is 48.8 Å². The highest BCUT2D eigenvalue weighted by molar-refractivity contribution is 7.99. The summed E-state index contributed by atoms with van der Waals surface area (Å²) in [6.45, 7) is 3.30. The Morgan fingerprint density at radius 2 is 1.82 bits per heavy atom. The summed E-state index contributed by atoms with van der Waals surface area (Å²) in [5, 5.41) is 3.74. The Morgan fingerprint density at radius 3 is 2.62 bits per heavy atom. The van der Waals surface area contributed by atoms with Gasteiger partial charge in [-0.2, -0.15) is 0 Å². The van der Waals surface area contributed by atoms with Crippen molar-refractivity contribution in [2.24, 2.45) is 5.92 Å². The summed E-state index contributed by atoms with van der Waals surface area (Å²) in [7, 11) is 3.36. The summed E-state index contributed by atoms with van der Waals surface area (Å²) >= 11 is 1.92. The van der Waals surface area contributed by atoms with E-state index in [0.29, 0.717) is 5.92 Å². The van der Waals surface area contributed by atoms with Crippen molar-refractivity contribution >= 4 is 11.8 Å². The van der Waals surface area contributed by atoms with Gasteiger partial charge in [-0.15, -0.1) is 11.8 Å². The van der Waals surface area contributed by atoms with Crippen LogP contribution in [-0.2, 0) is 19.3 Å². The summed E-state index contributed by atoms with van der Waals surface area (Å²) in [6.07, 6.45) is 3.19. The molecule has 0 saturated carbocycles. The van der Waals surface area contributed by atoms with Crippen LogP contribution in [0.3, 0.4) is 0 Å². The van der Waals surface area contributed by atoms with Gasteiger partial charge < -0.3 is 19.5 Å².